The summed E-state index contributed by atoms with van der Waals surface area (Å²) in [5.41, 5.74) is 0.598. The predicted molar refractivity (Wildman–Crippen MR) is 61.7 cm³/mol. The van der Waals surface area contributed by atoms with Gasteiger partial charge in [0.15, 0.2) is 11.5 Å². The van der Waals surface area contributed by atoms with E-state index in [1.807, 2.05) is 0 Å². The molecule has 1 aromatic carbocycles. The number of alkyl halides is 3. The Kier molecular flexibility index (Phi) is 5.27. The summed E-state index contributed by atoms with van der Waals surface area (Å²) in [6.45, 7) is 0.553. The molecule has 0 saturated carbocycles. The minimum Gasteiger partial charge on any atom is -0.504 e. The van der Waals surface area contributed by atoms with Gasteiger partial charge in [-0.25, -0.2) is 0 Å². The summed E-state index contributed by atoms with van der Waals surface area (Å²) >= 11 is 0. The molecule has 1 aromatic rings. The summed E-state index contributed by atoms with van der Waals surface area (Å²) < 4.78 is 40.6. The number of halogens is 3. The zero-order valence-electron chi connectivity index (χ0n) is 10.0. The topological polar surface area (TPSA) is 41.5 Å². The molecule has 0 aromatic heterocycles. The zero-order valence-corrected chi connectivity index (χ0v) is 10.0. The fourth-order valence-corrected chi connectivity index (χ4v) is 1.51. The SMILES string of the molecule is COc1cccc(CNCCCC(F)(F)F)c1O. The van der Waals surface area contributed by atoms with Crippen LogP contribution in [-0.4, -0.2) is 24.9 Å². The van der Waals surface area contributed by atoms with Gasteiger partial charge in [-0.05, 0) is 19.0 Å². The Balaban J connectivity index is 2.36. The number of aromatic hydroxyl groups is 1. The van der Waals surface area contributed by atoms with Gasteiger partial charge in [0, 0.05) is 18.5 Å². The van der Waals surface area contributed by atoms with Gasteiger partial charge in [0.2, 0.25) is 0 Å². The second kappa shape index (κ2) is 6.49. The Morgan fingerprint density at radius 3 is 2.67 bits per heavy atom. The van der Waals surface area contributed by atoms with Crippen molar-refractivity contribution in [2.45, 2.75) is 25.6 Å². The fourth-order valence-electron chi connectivity index (χ4n) is 1.51. The second-order valence-electron chi connectivity index (χ2n) is 3.86. The molecule has 1 rings (SSSR count). The Morgan fingerprint density at radius 1 is 1.33 bits per heavy atom. The van der Waals surface area contributed by atoms with E-state index in [4.69, 9.17) is 4.74 Å². The number of para-hydroxylation sites is 1. The number of nitrogens with one attached hydrogen (secondary N) is 1. The van der Waals surface area contributed by atoms with Gasteiger partial charge in [-0.1, -0.05) is 12.1 Å². The number of rotatable bonds is 6. The first-order valence-corrected chi connectivity index (χ1v) is 5.56. The van der Waals surface area contributed by atoms with Gasteiger partial charge in [-0.15, -0.1) is 0 Å². The molecular formula is C12H16F3NO2. The normalized spacial score (nSPS) is 11.6. The molecular weight excluding hydrogens is 247 g/mol. The van der Waals surface area contributed by atoms with Crippen molar-refractivity contribution in [1.29, 1.82) is 0 Å². The van der Waals surface area contributed by atoms with Crippen LogP contribution in [0.4, 0.5) is 13.2 Å². The highest BCUT2D eigenvalue weighted by Crippen LogP contribution is 2.29. The molecule has 18 heavy (non-hydrogen) atoms. The first-order valence-electron chi connectivity index (χ1n) is 5.56. The lowest BCUT2D eigenvalue weighted by Gasteiger charge is -2.10. The lowest BCUT2D eigenvalue weighted by Crippen LogP contribution is -2.17. The number of benzene rings is 1. The van der Waals surface area contributed by atoms with Gasteiger partial charge in [0.25, 0.3) is 0 Å². The maximum absolute atomic E-state index is 11.9. The molecule has 3 nitrogen and oxygen atoms in total. The van der Waals surface area contributed by atoms with Gasteiger partial charge in [-0.2, -0.15) is 13.2 Å². The monoisotopic (exact) mass is 263 g/mol. The van der Waals surface area contributed by atoms with Crippen LogP contribution in [0, 0.1) is 0 Å². The lowest BCUT2D eigenvalue weighted by molar-refractivity contribution is -0.135. The Morgan fingerprint density at radius 2 is 2.06 bits per heavy atom. The number of phenolic OH excluding ortho intramolecular Hbond substituents is 1. The van der Waals surface area contributed by atoms with Gasteiger partial charge < -0.3 is 15.2 Å². The molecule has 0 fully saturated rings. The quantitative estimate of drug-likeness (QED) is 0.775. The summed E-state index contributed by atoms with van der Waals surface area (Å²) in [4.78, 5) is 0. The molecule has 0 aliphatic heterocycles. The number of phenols is 1. The molecule has 0 aliphatic rings. The van der Waals surface area contributed by atoms with Gasteiger partial charge in [0.05, 0.1) is 7.11 Å². The van der Waals surface area contributed by atoms with Crippen molar-refractivity contribution in [3.8, 4) is 11.5 Å². The van der Waals surface area contributed by atoms with Crippen molar-refractivity contribution < 1.29 is 23.0 Å². The predicted octanol–water partition coefficient (Wildman–Crippen LogP) is 2.83. The van der Waals surface area contributed by atoms with Crippen molar-refractivity contribution >= 4 is 0 Å². The fraction of sp³-hybridized carbons (Fsp3) is 0.500. The average molecular weight is 263 g/mol. The Labute approximate surface area is 104 Å². The third-order valence-corrected chi connectivity index (χ3v) is 2.43. The van der Waals surface area contributed by atoms with Gasteiger partial charge in [-0.3, -0.25) is 0 Å². The number of ether oxygens (including phenoxy) is 1. The van der Waals surface area contributed by atoms with E-state index in [2.05, 4.69) is 5.32 Å². The Bertz CT molecular complexity index is 380. The molecule has 0 aliphatic carbocycles. The minimum atomic E-state index is -4.11. The van der Waals surface area contributed by atoms with Crippen molar-refractivity contribution in [3.05, 3.63) is 23.8 Å². The Hall–Kier alpha value is -1.43. The molecule has 0 atom stereocenters. The summed E-state index contributed by atoms with van der Waals surface area (Å²) in [7, 11) is 1.44. The van der Waals surface area contributed by atoms with Gasteiger partial charge in [0.1, 0.15) is 0 Å². The van der Waals surface area contributed by atoms with E-state index in [9.17, 15) is 18.3 Å². The molecule has 0 radical (unpaired) electrons. The number of hydrogen-bond acceptors (Lipinski definition) is 3. The lowest BCUT2D eigenvalue weighted by atomic mass is 10.2. The van der Waals surface area contributed by atoms with Crippen LogP contribution in [0.2, 0.25) is 0 Å². The van der Waals surface area contributed by atoms with Crippen LogP contribution in [0.5, 0.6) is 11.5 Å². The smallest absolute Gasteiger partial charge is 0.389 e. The molecule has 0 unspecified atom stereocenters. The van der Waals surface area contributed by atoms with Crippen LogP contribution in [0.25, 0.3) is 0 Å². The highest BCUT2D eigenvalue weighted by atomic mass is 19.4. The van der Waals surface area contributed by atoms with Gasteiger partial charge >= 0.3 is 6.18 Å². The van der Waals surface area contributed by atoms with E-state index in [0.717, 1.165) is 0 Å². The third kappa shape index (κ3) is 4.83. The first-order chi connectivity index (χ1) is 8.44. The zero-order chi connectivity index (χ0) is 13.6. The highest BCUT2D eigenvalue weighted by Gasteiger charge is 2.25. The second-order valence-corrected chi connectivity index (χ2v) is 3.86. The van der Waals surface area contributed by atoms with Crippen LogP contribution in [0.3, 0.4) is 0 Å². The van der Waals surface area contributed by atoms with Crippen LogP contribution in [0.15, 0.2) is 18.2 Å². The molecule has 0 saturated heterocycles. The standard InChI is InChI=1S/C12H16F3NO2/c1-18-10-5-2-4-9(11(10)17)8-16-7-3-6-12(13,14)15/h2,4-5,16-17H,3,6-8H2,1H3. The summed E-state index contributed by atoms with van der Waals surface area (Å²) in [6.07, 6.45) is -4.89. The number of hydrogen-bond donors (Lipinski definition) is 2. The molecule has 0 amide bonds. The first kappa shape index (κ1) is 14.6. The summed E-state index contributed by atoms with van der Waals surface area (Å²) in [6, 6.07) is 5.02. The maximum Gasteiger partial charge on any atom is 0.389 e. The summed E-state index contributed by atoms with van der Waals surface area (Å²) in [5, 5.41) is 12.6. The molecule has 0 spiro atoms. The van der Waals surface area contributed by atoms with Crippen LogP contribution in [0.1, 0.15) is 18.4 Å². The van der Waals surface area contributed by atoms with Crippen molar-refractivity contribution in [2.75, 3.05) is 13.7 Å². The van der Waals surface area contributed by atoms with E-state index in [1.165, 1.54) is 7.11 Å². The van der Waals surface area contributed by atoms with Crippen molar-refractivity contribution in [1.82, 2.24) is 5.32 Å². The van der Waals surface area contributed by atoms with Crippen molar-refractivity contribution in [2.24, 2.45) is 0 Å². The molecule has 0 heterocycles. The molecule has 6 heteroatoms. The average Bonchev–Trinajstić information content (AvgIpc) is 2.29. The molecule has 0 bridgehead atoms. The van der Waals surface area contributed by atoms with E-state index < -0.39 is 12.6 Å². The largest absolute Gasteiger partial charge is 0.504 e. The molecule has 2 N–H and O–H groups in total. The van der Waals surface area contributed by atoms with E-state index in [-0.39, 0.29) is 18.7 Å². The number of methoxy groups -OCH3 is 1. The maximum atomic E-state index is 11.9. The van der Waals surface area contributed by atoms with Crippen LogP contribution >= 0.6 is 0 Å². The third-order valence-electron chi connectivity index (χ3n) is 2.43. The van der Waals surface area contributed by atoms with Crippen molar-refractivity contribution in [3.63, 3.8) is 0 Å². The van der Waals surface area contributed by atoms with E-state index in [0.29, 0.717) is 17.9 Å². The van der Waals surface area contributed by atoms with Crippen LogP contribution in [-0.2, 0) is 6.54 Å². The minimum absolute atomic E-state index is 0.0170. The van der Waals surface area contributed by atoms with E-state index >= 15 is 0 Å². The van der Waals surface area contributed by atoms with Crippen LogP contribution < -0.4 is 10.1 Å². The highest BCUT2D eigenvalue weighted by molar-refractivity contribution is 5.45. The van der Waals surface area contributed by atoms with E-state index in [1.54, 1.807) is 18.2 Å². The molecule has 102 valence electrons. The summed E-state index contributed by atoms with van der Waals surface area (Å²) in [5.74, 6) is 0.368.